The summed E-state index contributed by atoms with van der Waals surface area (Å²) in [7, 11) is 0. The molecule has 0 spiro atoms. The molecule has 0 heterocycles. The van der Waals surface area contributed by atoms with E-state index in [1.54, 1.807) is 0 Å². The van der Waals surface area contributed by atoms with E-state index in [0.29, 0.717) is 0 Å². The molecule has 0 saturated carbocycles. The topological polar surface area (TPSA) is 35.2 Å². The number of nitrogens with two attached hydrogens (primary N) is 1. The zero-order valence-electron chi connectivity index (χ0n) is 8.50. The van der Waals surface area contributed by atoms with Gasteiger partial charge in [0.15, 0.2) is 0 Å². The van der Waals surface area contributed by atoms with Crippen LogP contribution in [0.5, 0.6) is 5.75 Å². The van der Waals surface area contributed by atoms with Crippen LogP contribution in [0.4, 0.5) is 5.69 Å². The van der Waals surface area contributed by atoms with Gasteiger partial charge in [-0.3, -0.25) is 0 Å². The van der Waals surface area contributed by atoms with Gasteiger partial charge >= 0.3 is 0 Å². The maximum Gasteiger partial charge on any atom is 0.142 e. The van der Waals surface area contributed by atoms with Crippen LogP contribution < -0.4 is 10.5 Å². The van der Waals surface area contributed by atoms with Crippen LogP contribution in [0, 0.1) is 6.92 Å². The molecule has 72 valence electrons. The lowest BCUT2D eigenvalue weighted by atomic mass is 10.2. The number of anilines is 1. The van der Waals surface area contributed by atoms with Crippen LogP contribution in [-0.2, 0) is 0 Å². The molecule has 0 unspecified atom stereocenters. The monoisotopic (exact) mass is 179 g/mol. The zero-order chi connectivity index (χ0) is 9.84. The second-order valence-corrected chi connectivity index (χ2v) is 3.38. The van der Waals surface area contributed by atoms with Crippen molar-refractivity contribution >= 4 is 5.69 Å². The zero-order valence-corrected chi connectivity index (χ0v) is 8.50. The van der Waals surface area contributed by atoms with Crippen LogP contribution >= 0.6 is 0 Å². The van der Waals surface area contributed by atoms with Crippen molar-refractivity contribution in [3.8, 4) is 5.75 Å². The van der Waals surface area contributed by atoms with Crippen LogP contribution in [-0.4, -0.2) is 6.10 Å². The predicted octanol–water partition coefficient (Wildman–Crippen LogP) is 2.75. The Labute approximate surface area is 79.7 Å². The SMILES string of the molecule is CC[C@@H](C)Oc1ccc(C)cc1N. The van der Waals surface area contributed by atoms with Crippen LogP contribution in [0.2, 0.25) is 0 Å². The van der Waals surface area contributed by atoms with Crippen LogP contribution in [0.3, 0.4) is 0 Å². The van der Waals surface area contributed by atoms with Gasteiger partial charge in [0.05, 0.1) is 11.8 Å². The number of ether oxygens (including phenoxy) is 1. The minimum Gasteiger partial charge on any atom is -0.489 e. The molecule has 1 rings (SSSR count). The predicted molar refractivity (Wildman–Crippen MR) is 56.0 cm³/mol. The summed E-state index contributed by atoms with van der Waals surface area (Å²) in [6.07, 6.45) is 1.22. The molecule has 0 aromatic heterocycles. The first-order valence-corrected chi connectivity index (χ1v) is 4.66. The molecule has 0 bridgehead atoms. The fourth-order valence-electron chi connectivity index (χ4n) is 1.08. The van der Waals surface area contributed by atoms with E-state index in [1.165, 1.54) is 0 Å². The van der Waals surface area contributed by atoms with Crippen molar-refractivity contribution in [3.63, 3.8) is 0 Å². The lowest BCUT2D eigenvalue weighted by molar-refractivity contribution is 0.218. The van der Waals surface area contributed by atoms with Crippen molar-refractivity contribution in [1.82, 2.24) is 0 Å². The van der Waals surface area contributed by atoms with Gasteiger partial charge in [0.1, 0.15) is 5.75 Å². The number of hydrogen-bond acceptors (Lipinski definition) is 2. The van der Waals surface area contributed by atoms with Crippen molar-refractivity contribution in [1.29, 1.82) is 0 Å². The molecule has 1 atom stereocenters. The van der Waals surface area contributed by atoms with Crippen molar-refractivity contribution in [2.45, 2.75) is 33.3 Å². The first kappa shape index (κ1) is 9.90. The highest BCUT2D eigenvalue weighted by Gasteiger charge is 2.04. The molecule has 2 nitrogen and oxygen atoms in total. The molecule has 1 aromatic carbocycles. The Kier molecular flexibility index (Phi) is 3.18. The third-order valence-corrected chi connectivity index (χ3v) is 2.07. The Morgan fingerprint density at radius 2 is 2.15 bits per heavy atom. The maximum absolute atomic E-state index is 5.80. The summed E-state index contributed by atoms with van der Waals surface area (Å²) in [4.78, 5) is 0. The lowest BCUT2D eigenvalue weighted by Crippen LogP contribution is -2.10. The average molecular weight is 179 g/mol. The normalized spacial score (nSPS) is 12.5. The molecule has 0 aliphatic heterocycles. The molecule has 0 aliphatic rings. The number of aryl methyl sites for hydroxylation is 1. The fraction of sp³-hybridized carbons (Fsp3) is 0.455. The van der Waals surface area contributed by atoms with Crippen LogP contribution in [0.15, 0.2) is 18.2 Å². The molecule has 0 fully saturated rings. The minimum atomic E-state index is 0.227. The summed E-state index contributed by atoms with van der Waals surface area (Å²) in [6.45, 7) is 6.15. The second-order valence-electron chi connectivity index (χ2n) is 3.38. The third kappa shape index (κ3) is 2.65. The Morgan fingerprint density at radius 3 is 2.69 bits per heavy atom. The Morgan fingerprint density at radius 1 is 1.46 bits per heavy atom. The molecule has 2 N–H and O–H groups in total. The van der Waals surface area contributed by atoms with Crippen molar-refractivity contribution in [2.24, 2.45) is 0 Å². The van der Waals surface area contributed by atoms with Crippen molar-refractivity contribution in [2.75, 3.05) is 5.73 Å². The molecular weight excluding hydrogens is 162 g/mol. The van der Waals surface area contributed by atoms with E-state index >= 15 is 0 Å². The minimum absolute atomic E-state index is 0.227. The second kappa shape index (κ2) is 4.17. The van der Waals surface area contributed by atoms with E-state index in [1.807, 2.05) is 32.0 Å². The van der Waals surface area contributed by atoms with Crippen LogP contribution in [0.1, 0.15) is 25.8 Å². The van der Waals surface area contributed by atoms with E-state index in [9.17, 15) is 0 Å². The molecular formula is C11H17NO. The largest absolute Gasteiger partial charge is 0.489 e. The van der Waals surface area contributed by atoms with E-state index in [4.69, 9.17) is 10.5 Å². The van der Waals surface area contributed by atoms with Gasteiger partial charge in [-0.1, -0.05) is 13.0 Å². The summed E-state index contributed by atoms with van der Waals surface area (Å²) < 4.78 is 5.62. The summed E-state index contributed by atoms with van der Waals surface area (Å²) in [5.74, 6) is 0.792. The van der Waals surface area contributed by atoms with Gasteiger partial charge in [0.2, 0.25) is 0 Å². The molecule has 1 aromatic rings. The highest BCUT2D eigenvalue weighted by Crippen LogP contribution is 2.23. The van der Waals surface area contributed by atoms with Gasteiger partial charge in [-0.25, -0.2) is 0 Å². The van der Waals surface area contributed by atoms with Crippen LogP contribution in [0.25, 0.3) is 0 Å². The van der Waals surface area contributed by atoms with E-state index in [-0.39, 0.29) is 6.10 Å². The van der Waals surface area contributed by atoms with Crippen molar-refractivity contribution in [3.05, 3.63) is 23.8 Å². The van der Waals surface area contributed by atoms with Gasteiger partial charge in [-0.05, 0) is 38.0 Å². The number of rotatable bonds is 3. The lowest BCUT2D eigenvalue weighted by Gasteiger charge is -2.14. The van der Waals surface area contributed by atoms with Gasteiger partial charge in [-0.15, -0.1) is 0 Å². The fourth-order valence-corrected chi connectivity index (χ4v) is 1.08. The van der Waals surface area contributed by atoms with Gasteiger partial charge in [0, 0.05) is 0 Å². The van der Waals surface area contributed by atoms with Crippen molar-refractivity contribution < 1.29 is 4.74 Å². The standard InChI is InChI=1S/C11H17NO/c1-4-9(3)13-11-6-5-8(2)7-10(11)12/h5-7,9H,4,12H2,1-3H3/t9-/m1/s1. The number of nitrogen functional groups attached to an aromatic ring is 1. The first-order valence-electron chi connectivity index (χ1n) is 4.66. The van der Waals surface area contributed by atoms with Gasteiger partial charge < -0.3 is 10.5 Å². The Balaban J connectivity index is 2.77. The third-order valence-electron chi connectivity index (χ3n) is 2.07. The average Bonchev–Trinajstić information content (AvgIpc) is 2.09. The maximum atomic E-state index is 5.80. The van der Waals surface area contributed by atoms with Gasteiger partial charge in [0.25, 0.3) is 0 Å². The molecule has 2 heteroatoms. The van der Waals surface area contributed by atoms with E-state index in [0.717, 1.165) is 23.4 Å². The first-order chi connectivity index (χ1) is 6.13. The summed E-state index contributed by atoms with van der Waals surface area (Å²) in [5, 5.41) is 0. The number of benzene rings is 1. The molecule has 0 saturated heterocycles. The molecule has 0 radical (unpaired) electrons. The van der Waals surface area contributed by atoms with Gasteiger partial charge in [-0.2, -0.15) is 0 Å². The highest BCUT2D eigenvalue weighted by molar-refractivity contribution is 5.54. The summed E-state index contributed by atoms with van der Waals surface area (Å²) in [6, 6.07) is 5.86. The molecule has 0 amide bonds. The highest BCUT2D eigenvalue weighted by atomic mass is 16.5. The summed E-state index contributed by atoms with van der Waals surface area (Å²) >= 11 is 0. The molecule has 13 heavy (non-hydrogen) atoms. The molecule has 0 aliphatic carbocycles. The van der Waals surface area contributed by atoms with E-state index < -0.39 is 0 Å². The Bertz CT molecular complexity index is 283. The Hall–Kier alpha value is -1.18. The summed E-state index contributed by atoms with van der Waals surface area (Å²) in [5.41, 5.74) is 7.68. The smallest absolute Gasteiger partial charge is 0.142 e. The van der Waals surface area contributed by atoms with E-state index in [2.05, 4.69) is 6.92 Å². The quantitative estimate of drug-likeness (QED) is 0.724. The number of hydrogen-bond donors (Lipinski definition) is 1.